The van der Waals surface area contributed by atoms with Crippen LogP contribution in [-0.2, 0) is 6.54 Å². The van der Waals surface area contributed by atoms with Crippen molar-refractivity contribution in [3.63, 3.8) is 0 Å². The van der Waals surface area contributed by atoms with Gasteiger partial charge in [0, 0.05) is 5.56 Å². The van der Waals surface area contributed by atoms with E-state index in [1.165, 1.54) is 5.56 Å². The number of benzene rings is 2. The lowest BCUT2D eigenvalue weighted by molar-refractivity contribution is 0.586. The van der Waals surface area contributed by atoms with Crippen molar-refractivity contribution in [3.8, 4) is 22.9 Å². The summed E-state index contributed by atoms with van der Waals surface area (Å²) >= 11 is 0. The Labute approximate surface area is 133 Å². The van der Waals surface area contributed by atoms with Gasteiger partial charge < -0.3 is 4.42 Å². The molecular weight excluding hydrogens is 288 g/mol. The maximum Gasteiger partial charge on any atom is 0.249 e. The lowest BCUT2D eigenvalue weighted by atomic mass is 10.2. The second kappa shape index (κ2) is 5.88. The topological polar surface area (TPSA) is 56.7 Å². The summed E-state index contributed by atoms with van der Waals surface area (Å²) in [4.78, 5) is 4.30. The summed E-state index contributed by atoms with van der Waals surface area (Å²) in [5, 5.41) is 8.28. The van der Waals surface area contributed by atoms with E-state index in [1.54, 1.807) is 10.9 Å². The third-order valence-electron chi connectivity index (χ3n) is 3.51. The summed E-state index contributed by atoms with van der Waals surface area (Å²) in [5.74, 6) is 1.20. The minimum absolute atomic E-state index is 0.475. The Morgan fingerprint density at radius 1 is 0.913 bits per heavy atom. The fourth-order valence-corrected chi connectivity index (χ4v) is 2.37. The molecule has 5 nitrogen and oxygen atoms in total. The molecule has 0 spiro atoms. The number of hydrogen-bond donors (Lipinski definition) is 0. The number of oxazole rings is 1. The highest BCUT2D eigenvalue weighted by molar-refractivity contribution is 5.58. The monoisotopic (exact) mass is 302 g/mol. The maximum absolute atomic E-state index is 5.79. The van der Waals surface area contributed by atoms with Crippen LogP contribution in [0.2, 0.25) is 0 Å². The zero-order chi connectivity index (χ0) is 15.5. The Balaban J connectivity index is 1.56. The van der Waals surface area contributed by atoms with Crippen molar-refractivity contribution >= 4 is 0 Å². The number of nitrogens with zero attached hydrogens (tertiary/aromatic N) is 4. The standard InChI is InChI=1S/C18H14N4O/c1-3-7-14(8-4-1)12-22-13-16(20-21-22)18-19-11-17(23-18)15-9-5-2-6-10-15/h1-11,13H,12H2. The summed E-state index contributed by atoms with van der Waals surface area (Å²) in [5.41, 5.74) is 2.78. The average molecular weight is 302 g/mol. The molecule has 0 atom stereocenters. The third kappa shape index (κ3) is 2.89. The minimum atomic E-state index is 0.475. The molecule has 0 bridgehead atoms. The first-order valence-electron chi connectivity index (χ1n) is 7.34. The molecular formula is C18H14N4O. The number of rotatable bonds is 4. The van der Waals surface area contributed by atoms with Crippen molar-refractivity contribution in [1.29, 1.82) is 0 Å². The van der Waals surface area contributed by atoms with Gasteiger partial charge in [0.05, 0.1) is 18.9 Å². The van der Waals surface area contributed by atoms with Gasteiger partial charge >= 0.3 is 0 Å². The molecule has 0 fully saturated rings. The van der Waals surface area contributed by atoms with E-state index in [9.17, 15) is 0 Å². The van der Waals surface area contributed by atoms with E-state index in [0.29, 0.717) is 18.1 Å². The van der Waals surface area contributed by atoms with Gasteiger partial charge in [-0.1, -0.05) is 65.9 Å². The molecule has 2 aromatic carbocycles. The molecule has 23 heavy (non-hydrogen) atoms. The van der Waals surface area contributed by atoms with Gasteiger partial charge in [-0.25, -0.2) is 9.67 Å². The van der Waals surface area contributed by atoms with Crippen LogP contribution in [0.5, 0.6) is 0 Å². The number of aromatic nitrogens is 4. The van der Waals surface area contributed by atoms with Crippen molar-refractivity contribution in [1.82, 2.24) is 20.0 Å². The summed E-state index contributed by atoms with van der Waals surface area (Å²) in [6.07, 6.45) is 3.55. The second-order valence-electron chi connectivity index (χ2n) is 5.18. The lowest BCUT2D eigenvalue weighted by Gasteiger charge is -1.98. The van der Waals surface area contributed by atoms with Gasteiger partial charge in [-0.3, -0.25) is 0 Å². The highest BCUT2D eigenvalue weighted by Crippen LogP contribution is 2.24. The van der Waals surface area contributed by atoms with Crippen LogP contribution in [0.4, 0.5) is 0 Å². The van der Waals surface area contributed by atoms with Gasteiger partial charge in [0.2, 0.25) is 5.89 Å². The van der Waals surface area contributed by atoms with Crippen LogP contribution in [-0.4, -0.2) is 20.0 Å². The van der Waals surface area contributed by atoms with Crippen LogP contribution < -0.4 is 0 Å². The van der Waals surface area contributed by atoms with E-state index in [-0.39, 0.29) is 0 Å². The largest absolute Gasteiger partial charge is 0.435 e. The highest BCUT2D eigenvalue weighted by atomic mass is 16.4. The molecule has 5 heteroatoms. The molecule has 2 aromatic heterocycles. The normalized spacial score (nSPS) is 10.8. The van der Waals surface area contributed by atoms with Gasteiger partial charge in [0.15, 0.2) is 11.5 Å². The van der Waals surface area contributed by atoms with E-state index < -0.39 is 0 Å². The molecule has 0 N–H and O–H groups in total. The zero-order valence-electron chi connectivity index (χ0n) is 12.3. The van der Waals surface area contributed by atoms with Crippen LogP contribution >= 0.6 is 0 Å². The molecule has 0 amide bonds. The molecule has 4 aromatic rings. The molecule has 0 aliphatic heterocycles. The lowest BCUT2D eigenvalue weighted by Crippen LogP contribution is -1.99. The SMILES string of the molecule is c1ccc(Cn2cc(-c3ncc(-c4ccccc4)o3)nn2)cc1. The quantitative estimate of drug-likeness (QED) is 0.577. The first kappa shape index (κ1) is 13.5. The Hall–Kier alpha value is -3.21. The van der Waals surface area contributed by atoms with Crippen LogP contribution in [0.25, 0.3) is 22.9 Å². The van der Waals surface area contributed by atoms with Gasteiger partial charge in [0.25, 0.3) is 0 Å². The van der Waals surface area contributed by atoms with Crippen LogP contribution in [0, 0.1) is 0 Å². The molecule has 0 unspecified atom stereocenters. The van der Waals surface area contributed by atoms with E-state index in [0.717, 1.165) is 11.3 Å². The van der Waals surface area contributed by atoms with E-state index in [1.807, 2.05) is 54.7 Å². The van der Waals surface area contributed by atoms with Crippen molar-refractivity contribution in [2.24, 2.45) is 0 Å². The Kier molecular flexibility index (Phi) is 3.44. The van der Waals surface area contributed by atoms with E-state index >= 15 is 0 Å². The summed E-state index contributed by atoms with van der Waals surface area (Å²) in [6.45, 7) is 0.667. The first-order valence-corrected chi connectivity index (χ1v) is 7.34. The average Bonchev–Trinajstić information content (AvgIpc) is 3.26. The molecule has 0 aliphatic rings. The van der Waals surface area contributed by atoms with Gasteiger partial charge in [0.1, 0.15) is 0 Å². The van der Waals surface area contributed by atoms with Crippen molar-refractivity contribution in [2.45, 2.75) is 6.54 Å². The van der Waals surface area contributed by atoms with Gasteiger partial charge in [-0.2, -0.15) is 0 Å². The minimum Gasteiger partial charge on any atom is -0.435 e. The summed E-state index contributed by atoms with van der Waals surface area (Å²) < 4.78 is 7.57. The highest BCUT2D eigenvalue weighted by Gasteiger charge is 2.12. The molecule has 0 radical (unpaired) electrons. The van der Waals surface area contributed by atoms with Crippen molar-refractivity contribution in [3.05, 3.63) is 78.6 Å². The van der Waals surface area contributed by atoms with Crippen LogP contribution in [0.3, 0.4) is 0 Å². The maximum atomic E-state index is 5.79. The Morgan fingerprint density at radius 2 is 1.65 bits per heavy atom. The van der Waals surface area contributed by atoms with Gasteiger partial charge in [-0.15, -0.1) is 5.10 Å². The fourth-order valence-electron chi connectivity index (χ4n) is 2.37. The van der Waals surface area contributed by atoms with Crippen molar-refractivity contribution in [2.75, 3.05) is 0 Å². The summed E-state index contributed by atoms with van der Waals surface area (Å²) in [7, 11) is 0. The van der Waals surface area contributed by atoms with Crippen LogP contribution in [0.1, 0.15) is 5.56 Å². The molecule has 112 valence electrons. The van der Waals surface area contributed by atoms with Gasteiger partial charge in [-0.05, 0) is 5.56 Å². The summed E-state index contributed by atoms with van der Waals surface area (Å²) in [6, 6.07) is 20.0. The molecule has 0 aliphatic carbocycles. The van der Waals surface area contributed by atoms with E-state index in [4.69, 9.17) is 4.42 Å². The Morgan fingerprint density at radius 3 is 2.43 bits per heavy atom. The molecule has 2 heterocycles. The number of hydrogen-bond acceptors (Lipinski definition) is 4. The first-order chi connectivity index (χ1) is 11.4. The fraction of sp³-hybridized carbons (Fsp3) is 0.0556. The Bertz CT molecular complexity index is 897. The predicted octanol–water partition coefficient (Wildman–Crippen LogP) is 3.65. The molecule has 4 rings (SSSR count). The predicted molar refractivity (Wildman–Crippen MR) is 86.5 cm³/mol. The van der Waals surface area contributed by atoms with Crippen LogP contribution in [0.15, 0.2) is 77.5 Å². The third-order valence-corrected chi connectivity index (χ3v) is 3.51. The second-order valence-corrected chi connectivity index (χ2v) is 5.18. The van der Waals surface area contributed by atoms with E-state index in [2.05, 4.69) is 27.4 Å². The smallest absolute Gasteiger partial charge is 0.249 e. The van der Waals surface area contributed by atoms with Crippen molar-refractivity contribution < 1.29 is 4.42 Å². The molecule has 0 saturated carbocycles. The molecule has 0 saturated heterocycles. The zero-order valence-corrected chi connectivity index (χ0v) is 12.3.